The number of alkyl halides is 1. The zero-order valence-electron chi connectivity index (χ0n) is 11.7. The van der Waals surface area contributed by atoms with Crippen LogP contribution >= 0.6 is 15.9 Å². The van der Waals surface area contributed by atoms with E-state index in [0.717, 1.165) is 16.8 Å². The van der Waals surface area contributed by atoms with Gasteiger partial charge in [0.1, 0.15) is 4.32 Å². The summed E-state index contributed by atoms with van der Waals surface area (Å²) in [7, 11) is 0. The van der Waals surface area contributed by atoms with Gasteiger partial charge in [-0.2, -0.15) is 5.10 Å². The molecule has 0 aromatic heterocycles. The second-order valence-electron chi connectivity index (χ2n) is 5.24. The normalized spacial score (nSPS) is 20.9. The molecule has 1 aliphatic heterocycles. The number of amides is 1. The quantitative estimate of drug-likeness (QED) is 0.477. The second-order valence-corrected chi connectivity index (χ2v) is 6.99. The van der Waals surface area contributed by atoms with Crippen molar-refractivity contribution in [1.82, 2.24) is 5.01 Å². The maximum atomic E-state index is 12.1. The van der Waals surface area contributed by atoms with E-state index in [0.29, 0.717) is 6.54 Å². The molecule has 1 amide bonds. The number of rotatable bonds is 3. The van der Waals surface area contributed by atoms with Crippen molar-refractivity contribution in [2.24, 2.45) is 5.10 Å². The van der Waals surface area contributed by atoms with Crippen molar-refractivity contribution in [3.63, 3.8) is 0 Å². The molecule has 3 nitrogen and oxygen atoms in total. The van der Waals surface area contributed by atoms with Crippen molar-refractivity contribution < 1.29 is 4.79 Å². The van der Waals surface area contributed by atoms with E-state index >= 15 is 0 Å². The van der Waals surface area contributed by atoms with Crippen LogP contribution in [0.4, 0.5) is 0 Å². The molecule has 0 aliphatic carbocycles. The molecule has 2 aromatic rings. The Kier molecular flexibility index (Phi) is 3.64. The number of hydrazone groups is 1. The maximum Gasteiger partial charge on any atom is 0.261 e. The van der Waals surface area contributed by atoms with Crippen molar-refractivity contribution in [3.8, 4) is 0 Å². The van der Waals surface area contributed by atoms with Gasteiger partial charge in [0.05, 0.1) is 12.3 Å². The van der Waals surface area contributed by atoms with Crippen molar-refractivity contribution >= 4 is 27.5 Å². The number of halogens is 1. The Morgan fingerprint density at radius 2 is 1.52 bits per heavy atom. The lowest BCUT2D eigenvalue weighted by atomic mass is 10.0. The Morgan fingerprint density at radius 3 is 1.90 bits per heavy atom. The third-order valence-electron chi connectivity index (χ3n) is 3.44. The van der Waals surface area contributed by atoms with Gasteiger partial charge in [0.2, 0.25) is 0 Å². The molecule has 1 saturated heterocycles. The summed E-state index contributed by atoms with van der Waals surface area (Å²) >= 11 is 3.41. The molecular weight excluding hydrogens is 328 g/mol. The Balaban J connectivity index is 2.00. The highest BCUT2D eigenvalue weighted by atomic mass is 79.9. The lowest BCUT2D eigenvalue weighted by molar-refractivity contribution is -0.143. The van der Waals surface area contributed by atoms with Crippen molar-refractivity contribution in [3.05, 3.63) is 71.8 Å². The van der Waals surface area contributed by atoms with Crippen LogP contribution in [0.1, 0.15) is 18.1 Å². The summed E-state index contributed by atoms with van der Waals surface area (Å²) in [5, 5.41) is 6.09. The summed E-state index contributed by atoms with van der Waals surface area (Å²) in [5.41, 5.74) is 2.81. The van der Waals surface area contributed by atoms with Gasteiger partial charge < -0.3 is 0 Å². The van der Waals surface area contributed by atoms with Gasteiger partial charge in [0.25, 0.3) is 5.91 Å². The lowest BCUT2D eigenvalue weighted by Gasteiger charge is -2.39. The van der Waals surface area contributed by atoms with Gasteiger partial charge in [0.15, 0.2) is 0 Å². The summed E-state index contributed by atoms with van der Waals surface area (Å²) < 4.78 is -0.477. The largest absolute Gasteiger partial charge is 0.271 e. The van der Waals surface area contributed by atoms with E-state index < -0.39 is 4.32 Å². The number of hydrogen-bond donors (Lipinski definition) is 0. The first-order chi connectivity index (χ1) is 10.1. The van der Waals surface area contributed by atoms with Crippen LogP contribution in [0.25, 0.3) is 0 Å². The fourth-order valence-corrected chi connectivity index (χ4v) is 2.72. The summed E-state index contributed by atoms with van der Waals surface area (Å²) in [5.74, 6) is -0.00753. The van der Waals surface area contributed by atoms with E-state index in [1.807, 2.05) is 67.6 Å². The molecule has 0 spiro atoms. The second kappa shape index (κ2) is 5.45. The van der Waals surface area contributed by atoms with Crippen LogP contribution < -0.4 is 0 Å². The van der Waals surface area contributed by atoms with Gasteiger partial charge >= 0.3 is 0 Å². The molecule has 2 aromatic carbocycles. The van der Waals surface area contributed by atoms with Crippen LogP contribution in [0, 0.1) is 0 Å². The monoisotopic (exact) mass is 342 g/mol. The van der Waals surface area contributed by atoms with E-state index in [4.69, 9.17) is 0 Å². The first-order valence-electron chi connectivity index (χ1n) is 6.78. The zero-order chi connectivity index (χ0) is 14.9. The maximum absolute atomic E-state index is 12.1. The predicted molar refractivity (Wildman–Crippen MR) is 87.6 cm³/mol. The highest BCUT2D eigenvalue weighted by Crippen LogP contribution is 2.32. The number of carbonyl (C=O) groups is 1. The van der Waals surface area contributed by atoms with Crippen LogP contribution in [0.2, 0.25) is 0 Å². The van der Waals surface area contributed by atoms with Crippen LogP contribution in [-0.4, -0.2) is 27.5 Å². The molecule has 0 bridgehead atoms. The summed E-state index contributed by atoms with van der Waals surface area (Å²) in [6.07, 6.45) is 0. The van der Waals surface area contributed by atoms with Crippen LogP contribution in [-0.2, 0) is 4.79 Å². The average Bonchev–Trinajstić information content (AvgIpc) is 2.52. The minimum atomic E-state index is -0.477. The number of benzene rings is 2. The zero-order valence-corrected chi connectivity index (χ0v) is 13.2. The third kappa shape index (κ3) is 2.76. The summed E-state index contributed by atoms with van der Waals surface area (Å²) in [6, 6.07) is 19.8. The minimum absolute atomic E-state index is 0.00753. The molecule has 1 unspecified atom stereocenters. The van der Waals surface area contributed by atoms with Crippen molar-refractivity contribution in [1.29, 1.82) is 0 Å². The number of nitrogens with zero attached hydrogens (tertiary/aromatic N) is 2. The molecule has 4 heteroatoms. The standard InChI is InChI=1S/C17H15BrN2O/c1-17(18)12-20(16(17)21)19-15(13-8-4-2-5-9-13)14-10-6-3-7-11-14/h2-11H,12H2,1H3. The molecule has 0 radical (unpaired) electrons. The molecule has 1 aliphatic rings. The highest BCUT2D eigenvalue weighted by molar-refractivity contribution is 9.10. The molecule has 106 valence electrons. The van der Waals surface area contributed by atoms with Gasteiger partial charge in [-0.05, 0) is 6.92 Å². The van der Waals surface area contributed by atoms with E-state index in [9.17, 15) is 4.79 Å². The minimum Gasteiger partial charge on any atom is -0.271 e. The van der Waals surface area contributed by atoms with E-state index in [-0.39, 0.29) is 5.91 Å². The van der Waals surface area contributed by atoms with E-state index in [2.05, 4.69) is 21.0 Å². The Bertz CT molecular complexity index is 639. The molecule has 1 heterocycles. The lowest BCUT2D eigenvalue weighted by Crippen LogP contribution is -2.59. The van der Waals surface area contributed by atoms with E-state index in [1.165, 1.54) is 5.01 Å². The summed E-state index contributed by atoms with van der Waals surface area (Å²) in [6.45, 7) is 2.45. The van der Waals surface area contributed by atoms with Gasteiger partial charge in [0, 0.05) is 11.1 Å². The Hall–Kier alpha value is -1.94. The predicted octanol–water partition coefficient (Wildman–Crippen LogP) is 3.43. The van der Waals surface area contributed by atoms with E-state index in [1.54, 1.807) is 0 Å². The SMILES string of the molecule is CC1(Br)CN(N=C(c2ccccc2)c2ccccc2)C1=O. The number of hydrogen-bond acceptors (Lipinski definition) is 2. The third-order valence-corrected chi connectivity index (χ3v) is 4.03. The first-order valence-corrected chi connectivity index (χ1v) is 7.57. The topological polar surface area (TPSA) is 32.7 Å². The first kappa shape index (κ1) is 14.0. The van der Waals surface area contributed by atoms with Gasteiger partial charge in [-0.1, -0.05) is 76.6 Å². The molecule has 0 N–H and O–H groups in total. The molecule has 3 rings (SSSR count). The Morgan fingerprint density at radius 1 is 1.05 bits per heavy atom. The smallest absolute Gasteiger partial charge is 0.261 e. The Labute approximate surface area is 132 Å². The van der Waals surface area contributed by atoms with Crippen LogP contribution in [0.3, 0.4) is 0 Å². The average molecular weight is 343 g/mol. The van der Waals surface area contributed by atoms with Gasteiger partial charge in [-0.25, -0.2) is 5.01 Å². The molecule has 1 fully saturated rings. The van der Waals surface area contributed by atoms with Crippen molar-refractivity contribution in [2.75, 3.05) is 6.54 Å². The fraction of sp³-hybridized carbons (Fsp3) is 0.176. The van der Waals surface area contributed by atoms with Crippen LogP contribution in [0.15, 0.2) is 65.8 Å². The van der Waals surface area contributed by atoms with Crippen LogP contribution in [0.5, 0.6) is 0 Å². The highest BCUT2D eigenvalue weighted by Gasteiger charge is 2.47. The van der Waals surface area contributed by atoms with Gasteiger partial charge in [-0.3, -0.25) is 4.79 Å². The summed E-state index contributed by atoms with van der Waals surface area (Å²) in [4.78, 5) is 12.1. The van der Waals surface area contributed by atoms with Crippen molar-refractivity contribution in [2.45, 2.75) is 11.2 Å². The number of β-lactam (4-membered cyclic amide) rings is 1. The van der Waals surface area contributed by atoms with Gasteiger partial charge in [-0.15, -0.1) is 0 Å². The number of carbonyl (C=O) groups excluding carboxylic acids is 1. The molecule has 0 saturated carbocycles. The molecule has 21 heavy (non-hydrogen) atoms. The molecule has 1 atom stereocenters. The fourth-order valence-electron chi connectivity index (χ4n) is 2.27. The molecular formula is C17H15BrN2O.